The molecule has 2 aromatic rings. The van der Waals surface area contributed by atoms with Gasteiger partial charge in [0.2, 0.25) is 5.91 Å². The van der Waals surface area contributed by atoms with Crippen LogP contribution in [0, 0.1) is 5.92 Å². The molecule has 1 fully saturated rings. The minimum absolute atomic E-state index is 0.0493. The van der Waals surface area contributed by atoms with E-state index in [4.69, 9.17) is 0 Å². The number of nitrogens with one attached hydrogen (secondary N) is 1. The van der Waals surface area contributed by atoms with Gasteiger partial charge in [0.15, 0.2) is 5.69 Å². The molecule has 2 aliphatic rings. The van der Waals surface area contributed by atoms with E-state index in [0.29, 0.717) is 56.8 Å². The average molecular weight is 397 g/mol. The smallest absolute Gasteiger partial charge is 0.274 e. The molecule has 8 heteroatoms. The Kier molecular flexibility index (Phi) is 5.12. The summed E-state index contributed by atoms with van der Waals surface area (Å²) < 4.78 is 0. The van der Waals surface area contributed by atoms with Crippen molar-refractivity contribution in [3.8, 4) is 0 Å². The highest BCUT2D eigenvalue weighted by atomic mass is 16.3. The molecule has 0 bridgehead atoms. The van der Waals surface area contributed by atoms with E-state index in [0.717, 1.165) is 11.3 Å². The van der Waals surface area contributed by atoms with E-state index in [-0.39, 0.29) is 17.7 Å². The minimum Gasteiger partial charge on any atom is -0.383 e. The molecule has 2 aliphatic heterocycles. The van der Waals surface area contributed by atoms with Crippen molar-refractivity contribution in [2.24, 2.45) is 5.92 Å². The van der Waals surface area contributed by atoms with Gasteiger partial charge in [0.25, 0.3) is 5.91 Å². The van der Waals surface area contributed by atoms with Gasteiger partial charge in [-0.05, 0) is 31.4 Å². The highest BCUT2D eigenvalue weighted by Crippen LogP contribution is 2.32. The molecule has 0 aromatic carbocycles. The van der Waals surface area contributed by atoms with Crippen LogP contribution in [0.15, 0.2) is 24.4 Å². The molecule has 0 radical (unpaired) electrons. The summed E-state index contributed by atoms with van der Waals surface area (Å²) in [4.78, 5) is 33.2. The van der Waals surface area contributed by atoms with Gasteiger partial charge in [-0.25, -0.2) is 0 Å². The summed E-state index contributed by atoms with van der Waals surface area (Å²) in [5, 5.41) is 18.2. The Labute approximate surface area is 169 Å². The van der Waals surface area contributed by atoms with Crippen LogP contribution in [-0.2, 0) is 23.4 Å². The van der Waals surface area contributed by atoms with E-state index in [9.17, 15) is 14.7 Å². The summed E-state index contributed by atoms with van der Waals surface area (Å²) in [5.74, 6) is -0.0519. The van der Waals surface area contributed by atoms with E-state index >= 15 is 0 Å². The van der Waals surface area contributed by atoms with Crippen LogP contribution in [0.3, 0.4) is 0 Å². The molecule has 8 nitrogen and oxygen atoms in total. The van der Waals surface area contributed by atoms with Crippen LogP contribution in [0.2, 0.25) is 0 Å². The SMILES string of the molecule is CC(C)C(=O)N1CCc2c(C(=O)N3CCC(O)(c4ccccn4)CC3)n[nH]c2C1. The first-order chi connectivity index (χ1) is 13.9. The maximum atomic E-state index is 13.1. The zero-order valence-electron chi connectivity index (χ0n) is 16.9. The Balaban J connectivity index is 1.44. The molecule has 2 amide bonds. The third kappa shape index (κ3) is 3.64. The number of aromatic nitrogens is 3. The van der Waals surface area contributed by atoms with Crippen molar-refractivity contribution in [2.45, 2.75) is 45.3 Å². The third-order valence-electron chi connectivity index (χ3n) is 5.96. The van der Waals surface area contributed by atoms with Crippen LogP contribution < -0.4 is 0 Å². The number of carbonyl (C=O) groups is 2. The minimum atomic E-state index is -0.999. The van der Waals surface area contributed by atoms with Gasteiger partial charge in [0, 0.05) is 37.3 Å². The Morgan fingerprint density at radius 1 is 1.17 bits per heavy atom. The van der Waals surface area contributed by atoms with E-state index in [1.54, 1.807) is 11.1 Å². The zero-order chi connectivity index (χ0) is 20.6. The van der Waals surface area contributed by atoms with Crippen LogP contribution in [0.4, 0.5) is 0 Å². The molecule has 2 N–H and O–H groups in total. The molecular weight excluding hydrogens is 370 g/mol. The number of aromatic amines is 1. The number of hydrogen-bond donors (Lipinski definition) is 2. The first-order valence-electron chi connectivity index (χ1n) is 10.2. The van der Waals surface area contributed by atoms with Gasteiger partial charge >= 0.3 is 0 Å². The van der Waals surface area contributed by atoms with Gasteiger partial charge in [-0.2, -0.15) is 5.10 Å². The molecule has 4 rings (SSSR count). The number of carbonyl (C=O) groups excluding carboxylic acids is 2. The summed E-state index contributed by atoms with van der Waals surface area (Å²) >= 11 is 0. The molecule has 29 heavy (non-hydrogen) atoms. The van der Waals surface area contributed by atoms with Gasteiger partial charge in [0.1, 0.15) is 5.60 Å². The van der Waals surface area contributed by atoms with Crippen LogP contribution >= 0.6 is 0 Å². The second-order valence-electron chi connectivity index (χ2n) is 8.23. The number of fused-ring (bicyclic) bond motifs is 1. The van der Waals surface area contributed by atoms with Crippen molar-refractivity contribution >= 4 is 11.8 Å². The van der Waals surface area contributed by atoms with Crippen molar-refractivity contribution in [1.29, 1.82) is 0 Å². The number of likely N-dealkylation sites (tertiary alicyclic amines) is 1. The molecule has 0 unspecified atom stereocenters. The first kappa shape index (κ1) is 19.6. The third-order valence-corrected chi connectivity index (χ3v) is 5.96. The van der Waals surface area contributed by atoms with Gasteiger partial charge in [-0.3, -0.25) is 19.7 Å². The number of hydrogen-bond acceptors (Lipinski definition) is 5. The fourth-order valence-electron chi connectivity index (χ4n) is 4.17. The summed E-state index contributed by atoms with van der Waals surface area (Å²) in [6.07, 6.45) is 3.18. The summed E-state index contributed by atoms with van der Waals surface area (Å²) in [6.45, 7) is 5.75. The second-order valence-corrected chi connectivity index (χ2v) is 8.23. The average Bonchev–Trinajstić information content (AvgIpc) is 3.17. The Morgan fingerprint density at radius 2 is 1.93 bits per heavy atom. The lowest BCUT2D eigenvalue weighted by Gasteiger charge is -2.37. The number of rotatable bonds is 3. The lowest BCUT2D eigenvalue weighted by Crippen LogP contribution is -2.46. The van der Waals surface area contributed by atoms with Gasteiger partial charge in [-0.15, -0.1) is 0 Å². The Hall–Kier alpha value is -2.74. The fraction of sp³-hybridized carbons (Fsp3) is 0.524. The molecular formula is C21H27N5O3. The monoisotopic (exact) mass is 397 g/mol. The van der Waals surface area contributed by atoms with Crippen LogP contribution in [0.25, 0.3) is 0 Å². The highest BCUT2D eigenvalue weighted by Gasteiger charge is 2.38. The largest absolute Gasteiger partial charge is 0.383 e. The maximum absolute atomic E-state index is 13.1. The van der Waals surface area contributed by atoms with Crippen LogP contribution in [-0.4, -0.2) is 61.5 Å². The summed E-state index contributed by atoms with van der Waals surface area (Å²) in [6, 6.07) is 5.51. The first-order valence-corrected chi connectivity index (χ1v) is 10.2. The maximum Gasteiger partial charge on any atom is 0.274 e. The van der Waals surface area contributed by atoms with Crippen LogP contribution in [0.5, 0.6) is 0 Å². The Bertz CT molecular complexity index is 900. The number of piperidine rings is 1. The quantitative estimate of drug-likeness (QED) is 0.817. The van der Waals surface area contributed by atoms with E-state index in [2.05, 4.69) is 15.2 Å². The van der Waals surface area contributed by atoms with Crippen LogP contribution in [0.1, 0.15) is 54.1 Å². The zero-order valence-corrected chi connectivity index (χ0v) is 16.9. The highest BCUT2D eigenvalue weighted by molar-refractivity contribution is 5.94. The van der Waals surface area contributed by atoms with Crippen molar-refractivity contribution in [2.75, 3.05) is 19.6 Å². The van der Waals surface area contributed by atoms with E-state index in [1.165, 1.54) is 0 Å². The molecule has 1 saturated heterocycles. The molecule has 0 aliphatic carbocycles. The molecule has 0 saturated carbocycles. The molecule has 0 atom stereocenters. The number of aliphatic hydroxyl groups is 1. The van der Waals surface area contributed by atoms with Crippen molar-refractivity contribution in [3.05, 3.63) is 47.0 Å². The summed E-state index contributed by atoms with van der Waals surface area (Å²) in [5.41, 5.74) is 1.85. The predicted molar refractivity (Wildman–Crippen MR) is 106 cm³/mol. The van der Waals surface area contributed by atoms with Crippen molar-refractivity contribution in [1.82, 2.24) is 25.0 Å². The van der Waals surface area contributed by atoms with Crippen molar-refractivity contribution in [3.63, 3.8) is 0 Å². The number of amides is 2. The van der Waals surface area contributed by atoms with Crippen molar-refractivity contribution < 1.29 is 14.7 Å². The topological polar surface area (TPSA) is 102 Å². The molecule has 0 spiro atoms. The second kappa shape index (κ2) is 7.59. The summed E-state index contributed by atoms with van der Waals surface area (Å²) in [7, 11) is 0. The number of nitrogens with zero attached hydrogens (tertiary/aromatic N) is 4. The standard InChI is InChI=1S/C21H27N5O3/c1-14(2)19(27)26-10-6-15-16(13-26)23-24-18(15)20(28)25-11-7-21(29,8-12-25)17-5-3-4-9-22-17/h3-5,9,14,29H,6-8,10-13H2,1-2H3,(H,23,24). The normalized spacial score (nSPS) is 18.6. The van der Waals surface area contributed by atoms with Gasteiger partial charge < -0.3 is 14.9 Å². The number of pyridine rings is 1. The number of H-pyrrole nitrogens is 1. The van der Waals surface area contributed by atoms with Gasteiger partial charge in [-0.1, -0.05) is 19.9 Å². The van der Waals surface area contributed by atoms with E-state index in [1.807, 2.05) is 36.9 Å². The van der Waals surface area contributed by atoms with Gasteiger partial charge in [0.05, 0.1) is 17.9 Å². The molecule has 4 heterocycles. The lowest BCUT2D eigenvalue weighted by molar-refractivity contribution is -0.135. The fourth-order valence-corrected chi connectivity index (χ4v) is 4.17. The Morgan fingerprint density at radius 3 is 2.59 bits per heavy atom. The molecule has 154 valence electrons. The van der Waals surface area contributed by atoms with E-state index < -0.39 is 5.60 Å². The molecule has 2 aromatic heterocycles. The predicted octanol–water partition coefficient (Wildman–Crippen LogP) is 1.47. The lowest BCUT2D eigenvalue weighted by atomic mass is 9.87.